The molecule has 0 spiro atoms. The van der Waals surface area contributed by atoms with E-state index < -0.39 is 17.7 Å². The minimum Gasteiger partial charge on any atom is -0.507 e. The minimum atomic E-state index is -0.932. The number of furan rings is 1. The summed E-state index contributed by atoms with van der Waals surface area (Å²) in [7, 11) is 0. The number of anilines is 1. The fraction of sp³-hybridized carbons (Fsp3) is 0.0952. The van der Waals surface area contributed by atoms with E-state index in [0.717, 1.165) is 0 Å². The average Bonchev–Trinajstić information content (AvgIpc) is 3.48. The monoisotopic (exact) mass is 390 g/mol. The van der Waals surface area contributed by atoms with Gasteiger partial charge in [-0.3, -0.25) is 19.5 Å². The van der Waals surface area contributed by atoms with Gasteiger partial charge in [-0.15, -0.1) is 0 Å². The predicted octanol–water partition coefficient (Wildman–Crippen LogP) is 3.03. The third-order valence-electron chi connectivity index (χ3n) is 4.85. The molecule has 0 radical (unpaired) electrons. The van der Waals surface area contributed by atoms with E-state index in [1.54, 1.807) is 42.5 Å². The number of aliphatic hydroxyl groups is 1. The second kappa shape index (κ2) is 6.52. The molecule has 1 atom stereocenters. The Bertz CT molecular complexity index is 1140. The van der Waals surface area contributed by atoms with Crippen LogP contribution in [0.15, 0.2) is 71.1 Å². The largest absolute Gasteiger partial charge is 0.507 e. The number of ether oxygens (including phenoxy) is 2. The number of carbonyl (C=O) groups excluding carboxylic acids is 2. The molecule has 2 aromatic heterocycles. The Balaban J connectivity index is 1.69. The van der Waals surface area contributed by atoms with Gasteiger partial charge in [-0.2, -0.15) is 0 Å². The summed E-state index contributed by atoms with van der Waals surface area (Å²) < 4.78 is 16.2. The third kappa shape index (κ3) is 2.65. The van der Waals surface area contributed by atoms with Crippen LogP contribution in [0.4, 0.5) is 5.69 Å². The van der Waals surface area contributed by atoms with Gasteiger partial charge in [0.05, 0.1) is 11.8 Å². The molecule has 0 saturated carbocycles. The van der Waals surface area contributed by atoms with E-state index >= 15 is 0 Å². The Morgan fingerprint density at radius 2 is 1.86 bits per heavy atom. The lowest BCUT2D eigenvalue weighted by molar-refractivity contribution is -0.132. The van der Waals surface area contributed by atoms with Crippen molar-refractivity contribution >= 4 is 23.1 Å². The number of aliphatic hydroxyl groups excluding tert-OH is 1. The number of nitrogens with zero attached hydrogens (tertiary/aromatic N) is 2. The fourth-order valence-electron chi connectivity index (χ4n) is 3.52. The van der Waals surface area contributed by atoms with E-state index in [4.69, 9.17) is 13.9 Å². The second-order valence-electron chi connectivity index (χ2n) is 6.46. The number of carbonyl (C=O) groups is 2. The predicted molar refractivity (Wildman–Crippen MR) is 100 cm³/mol. The smallest absolute Gasteiger partial charge is 0.300 e. The number of ketones is 1. The van der Waals surface area contributed by atoms with Crippen LogP contribution >= 0.6 is 0 Å². The number of fused-ring (bicyclic) bond motifs is 1. The normalized spacial score (nSPS) is 19.7. The van der Waals surface area contributed by atoms with Gasteiger partial charge < -0.3 is 19.0 Å². The number of benzene rings is 1. The van der Waals surface area contributed by atoms with Crippen LogP contribution in [0.25, 0.3) is 5.76 Å². The maximum atomic E-state index is 13.0. The quantitative estimate of drug-likeness (QED) is 0.417. The summed E-state index contributed by atoms with van der Waals surface area (Å²) in [5.41, 5.74) is 0.737. The maximum Gasteiger partial charge on any atom is 0.300 e. The highest BCUT2D eigenvalue weighted by molar-refractivity contribution is 6.51. The van der Waals surface area contributed by atoms with Gasteiger partial charge in [0.25, 0.3) is 11.7 Å². The first-order valence-electron chi connectivity index (χ1n) is 8.79. The highest BCUT2D eigenvalue weighted by atomic mass is 16.7. The average molecular weight is 390 g/mol. The summed E-state index contributed by atoms with van der Waals surface area (Å²) in [5.74, 6) is -0.513. The van der Waals surface area contributed by atoms with Crippen molar-refractivity contribution in [3.63, 3.8) is 0 Å². The van der Waals surface area contributed by atoms with E-state index in [2.05, 4.69) is 4.98 Å². The van der Waals surface area contributed by atoms with Gasteiger partial charge in [0.2, 0.25) is 6.79 Å². The van der Waals surface area contributed by atoms with Crippen LogP contribution in [0, 0.1) is 0 Å². The molecule has 8 nitrogen and oxygen atoms in total. The summed E-state index contributed by atoms with van der Waals surface area (Å²) >= 11 is 0. The van der Waals surface area contributed by atoms with Gasteiger partial charge in [-0.05, 0) is 36.4 Å². The van der Waals surface area contributed by atoms with Crippen LogP contribution in [0.3, 0.4) is 0 Å². The van der Waals surface area contributed by atoms with Crippen molar-refractivity contribution in [3.8, 4) is 11.5 Å². The number of amides is 1. The van der Waals surface area contributed by atoms with Crippen molar-refractivity contribution in [2.24, 2.45) is 0 Å². The summed E-state index contributed by atoms with van der Waals surface area (Å²) in [5, 5.41) is 10.9. The lowest BCUT2D eigenvalue weighted by Gasteiger charge is -2.23. The zero-order valence-electron chi connectivity index (χ0n) is 14.9. The standard InChI is InChI=1S/C21H14N2O6/c24-19(12-5-7-22-8-6-12)17-18(15-2-1-9-27-15)23(21(26)20(17)25)13-3-4-14-16(10-13)29-11-28-14/h1-10,18,24H,11H2/b19-17-. The first kappa shape index (κ1) is 17.1. The molecular formula is C21H14N2O6. The van der Waals surface area contributed by atoms with Gasteiger partial charge in [-0.25, -0.2) is 0 Å². The van der Waals surface area contributed by atoms with Crippen LogP contribution in [0.1, 0.15) is 17.4 Å². The molecule has 1 saturated heterocycles. The molecule has 1 fully saturated rings. The molecule has 144 valence electrons. The van der Waals surface area contributed by atoms with Crippen LogP contribution in [-0.4, -0.2) is 28.6 Å². The van der Waals surface area contributed by atoms with E-state index in [-0.39, 0.29) is 18.1 Å². The van der Waals surface area contributed by atoms with E-state index in [1.807, 2.05) is 0 Å². The highest BCUT2D eigenvalue weighted by Crippen LogP contribution is 2.44. The Kier molecular flexibility index (Phi) is 3.83. The molecule has 4 heterocycles. The van der Waals surface area contributed by atoms with E-state index in [9.17, 15) is 14.7 Å². The first-order valence-corrected chi connectivity index (χ1v) is 8.79. The number of rotatable bonds is 3. The third-order valence-corrected chi connectivity index (χ3v) is 4.85. The Labute approximate surface area is 164 Å². The maximum absolute atomic E-state index is 13.0. The summed E-state index contributed by atoms with van der Waals surface area (Å²) in [6, 6.07) is 10.4. The van der Waals surface area contributed by atoms with Crippen molar-refractivity contribution in [2.45, 2.75) is 6.04 Å². The van der Waals surface area contributed by atoms with Gasteiger partial charge in [0, 0.05) is 29.7 Å². The Morgan fingerprint density at radius 3 is 2.62 bits per heavy atom. The number of hydrogen-bond donors (Lipinski definition) is 1. The second-order valence-corrected chi connectivity index (χ2v) is 6.46. The summed E-state index contributed by atoms with van der Waals surface area (Å²) in [6.07, 6.45) is 4.43. The van der Waals surface area contributed by atoms with E-state index in [0.29, 0.717) is 28.5 Å². The summed E-state index contributed by atoms with van der Waals surface area (Å²) in [4.78, 5) is 31.1. The first-order chi connectivity index (χ1) is 14.1. The number of aromatic nitrogens is 1. The number of Topliss-reactive ketones (excluding diaryl/α,β-unsaturated/α-hetero) is 1. The molecule has 1 unspecified atom stereocenters. The van der Waals surface area contributed by atoms with Gasteiger partial charge in [-0.1, -0.05) is 0 Å². The summed E-state index contributed by atoms with van der Waals surface area (Å²) in [6.45, 7) is 0.0846. The van der Waals surface area contributed by atoms with Crippen LogP contribution < -0.4 is 14.4 Å². The topological polar surface area (TPSA) is 102 Å². The van der Waals surface area contributed by atoms with Crippen molar-refractivity contribution in [1.82, 2.24) is 4.98 Å². The van der Waals surface area contributed by atoms with Gasteiger partial charge in [0.15, 0.2) is 11.5 Å². The molecule has 8 heteroatoms. The van der Waals surface area contributed by atoms with Gasteiger partial charge in [0.1, 0.15) is 17.6 Å². The lowest BCUT2D eigenvalue weighted by atomic mass is 9.99. The molecule has 5 rings (SSSR count). The molecule has 3 aromatic rings. The van der Waals surface area contributed by atoms with Crippen molar-refractivity contribution in [3.05, 3.63) is 78.0 Å². The van der Waals surface area contributed by atoms with Crippen molar-refractivity contribution in [2.75, 3.05) is 11.7 Å². The SMILES string of the molecule is O=C1C(=O)N(c2ccc3c(c2)OCO3)C(c2ccco2)/C1=C(/O)c1ccncc1. The molecular weight excluding hydrogens is 376 g/mol. The highest BCUT2D eigenvalue weighted by Gasteiger charge is 2.48. The molecule has 1 N–H and O–H groups in total. The Morgan fingerprint density at radius 1 is 1.07 bits per heavy atom. The minimum absolute atomic E-state index is 0.0613. The fourth-order valence-corrected chi connectivity index (χ4v) is 3.52. The molecule has 2 aliphatic rings. The molecule has 29 heavy (non-hydrogen) atoms. The molecule has 1 amide bonds. The van der Waals surface area contributed by atoms with Crippen molar-refractivity contribution in [1.29, 1.82) is 0 Å². The van der Waals surface area contributed by atoms with Crippen LogP contribution in [0.2, 0.25) is 0 Å². The molecule has 1 aromatic carbocycles. The van der Waals surface area contributed by atoms with Crippen LogP contribution in [0.5, 0.6) is 11.5 Å². The molecule has 2 aliphatic heterocycles. The van der Waals surface area contributed by atoms with E-state index in [1.165, 1.54) is 23.6 Å². The van der Waals surface area contributed by atoms with Crippen molar-refractivity contribution < 1.29 is 28.6 Å². The van der Waals surface area contributed by atoms with Crippen LogP contribution in [-0.2, 0) is 9.59 Å². The number of pyridine rings is 1. The lowest BCUT2D eigenvalue weighted by Crippen LogP contribution is -2.29. The molecule has 0 bridgehead atoms. The Hall–Kier alpha value is -4.07. The zero-order chi connectivity index (χ0) is 20.0. The van der Waals surface area contributed by atoms with Gasteiger partial charge >= 0.3 is 0 Å². The molecule has 0 aliphatic carbocycles. The zero-order valence-corrected chi connectivity index (χ0v) is 14.9. The number of hydrogen-bond acceptors (Lipinski definition) is 7.